The van der Waals surface area contributed by atoms with E-state index in [0.717, 1.165) is 0 Å². The highest BCUT2D eigenvalue weighted by molar-refractivity contribution is 7.50. The zero-order chi connectivity index (χ0) is 10.8. The summed E-state index contributed by atoms with van der Waals surface area (Å²) in [6, 6.07) is 6.09. The fourth-order valence-electron chi connectivity index (χ4n) is 1.12. The van der Waals surface area contributed by atoms with Crippen molar-refractivity contribution in [1.82, 2.24) is 0 Å². The van der Waals surface area contributed by atoms with E-state index in [0.29, 0.717) is 0 Å². The highest BCUT2D eigenvalue weighted by atomic mass is 31.2. The number of amides is 1. The maximum Gasteiger partial charge on any atom is 0.329 e. The minimum Gasteiger partial charge on any atom is -0.366 e. The van der Waals surface area contributed by atoms with Gasteiger partial charge in [-0.05, 0) is 11.6 Å². The molecule has 1 amide bonds. The first kappa shape index (κ1) is 10.9. The topological polar surface area (TPSA) is 101 Å². The van der Waals surface area contributed by atoms with E-state index in [9.17, 15) is 9.36 Å². The molecule has 0 bridgehead atoms. The number of rotatable bonds is 3. The van der Waals surface area contributed by atoms with E-state index in [4.69, 9.17) is 15.5 Å². The Kier molecular flexibility index (Phi) is 3.06. The summed E-state index contributed by atoms with van der Waals surface area (Å²) in [7, 11) is -4.16. The molecule has 0 saturated carbocycles. The molecule has 0 radical (unpaired) electrons. The summed E-state index contributed by atoms with van der Waals surface area (Å²) in [5.41, 5.74) is 5.46. The summed E-state index contributed by atoms with van der Waals surface area (Å²) in [6.07, 6.45) is -0.466. The Labute approximate surface area is 80.7 Å². The van der Waals surface area contributed by atoms with Crippen molar-refractivity contribution in [2.45, 2.75) is 6.16 Å². The van der Waals surface area contributed by atoms with Crippen LogP contribution in [0.5, 0.6) is 0 Å². The van der Waals surface area contributed by atoms with Gasteiger partial charge in [0.25, 0.3) is 0 Å². The maximum absolute atomic E-state index is 10.9. The van der Waals surface area contributed by atoms with Crippen molar-refractivity contribution in [3.63, 3.8) is 0 Å². The quantitative estimate of drug-likeness (QED) is 0.637. The van der Waals surface area contributed by atoms with Gasteiger partial charge in [-0.25, -0.2) is 0 Å². The normalized spacial score (nSPS) is 11.3. The lowest BCUT2D eigenvalue weighted by molar-refractivity contribution is 0.0999. The first-order valence-electron chi connectivity index (χ1n) is 3.82. The predicted molar refractivity (Wildman–Crippen MR) is 50.7 cm³/mol. The minimum absolute atomic E-state index is 0.149. The summed E-state index contributed by atoms with van der Waals surface area (Å²) in [6.45, 7) is 0. The lowest BCUT2D eigenvalue weighted by Crippen LogP contribution is -2.13. The molecule has 0 unspecified atom stereocenters. The van der Waals surface area contributed by atoms with E-state index in [1.165, 1.54) is 12.1 Å². The molecule has 0 saturated heterocycles. The highest BCUT2D eigenvalue weighted by Crippen LogP contribution is 2.39. The molecule has 1 aromatic rings. The molecular formula is C8H10NO4P. The van der Waals surface area contributed by atoms with Gasteiger partial charge in [-0.2, -0.15) is 0 Å². The third-order valence-electron chi connectivity index (χ3n) is 1.66. The summed E-state index contributed by atoms with van der Waals surface area (Å²) >= 11 is 0. The number of primary amides is 1. The van der Waals surface area contributed by atoms with Crippen molar-refractivity contribution in [3.05, 3.63) is 35.4 Å². The van der Waals surface area contributed by atoms with Crippen molar-refractivity contribution in [1.29, 1.82) is 0 Å². The van der Waals surface area contributed by atoms with Gasteiger partial charge in [0.05, 0.1) is 6.16 Å². The standard InChI is InChI=1S/C8H10NO4P/c9-8(10)7-4-2-1-3-6(7)5-14(11,12)13/h1-4H,5H2,(H2,9,10)(H2,11,12,13). The lowest BCUT2D eigenvalue weighted by atomic mass is 10.1. The highest BCUT2D eigenvalue weighted by Gasteiger charge is 2.17. The molecule has 0 aliphatic carbocycles. The Morgan fingerprint density at radius 1 is 1.36 bits per heavy atom. The second-order valence-electron chi connectivity index (χ2n) is 2.84. The van der Waals surface area contributed by atoms with Crippen LogP contribution in [0.2, 0.25) is 0 Å². The largest absolute Gasteiger partial charge is 0.366 e. The first-order valence-corrected chi connectivity index (χ1v) is 5.62. The lowest BCUT2D eigenvalue weighted by Gasteiger charge is -2.07. The van der Waals surface area contributed by atoms with Crippen LogP contribution in [0.25, 0.3) is 0 Å². The number of benzene rings is 1. The van der Waals surface area contributed by atoms with Gasteiger partial charge in [-0.3, -0.25) is 9.36 Å². The van der Waals surface area contributed by atoms with Gasteiger partial charge in [-0.1, -0.05) is 18.2 Å². The molecule has 0 spiro atoms. The number of hydrogen-bond donors (Lipinski definition) is 3. The van der Waals surface area contributed by atoms with Crippen LogP contribution in [0, 0.1) is 0 Å². The number of carbonyl (C=O) groups is 1. The van der Waals surface area contributed by atoms with E-state index in [1.54, 1.807) is 12.1 Å². The molecule has 0 aliphatic heterocycles. The second-order valence-corrected chi connectivity index (χ2v) is 4.49. The van der Waals surface area contributed by atoms with E-state index in [1.807, 2.05) is 0 Å². The summed E-state index contributed by atoms with van der Waals surface area (Å²) < 4.78 is 10.7. The van der Waals surface area contributed by atoms with Crippen molar-refractivity contribution in [2.75, 3.05) is 0 Å². The molecule has 0 heterocycles. The molecular weight excluding hydrogens is 205 g/mol. The molecule has 6 heteroatoms. The van der Waals surface area contributed by atoms with Gasteiger partial charge in [0.15, 0.2) is 0 Å². The number of nitrogens with two attached hydrogens (primary N) is 1. The molecule has 0 aromatic heterocycles. The Balaban J connectivity index is 3.08. The molecule has 14 heavy (non-hydrogen) atoms. The van der Waals surface area contributed by atoms with Gasteiger partial charge in [0, 0.05) is 5.56 Å². The fourth-order valence-corrected chi connectivity index (χ4v) is 1.84. The third-order valence-corrected chi connectivity index (χ3v) is 2.41. The van der Waals surface area contributed by atoms with Crippen LogP contribution in [0.3, 0.4) is 0 Å². The molecule has 1 rings (SSSR count). The first-order chi connectivity index (χ1) is 6.40. The van der Waals surface area contributed by atoms with Crippen LogP contribution in [-0.4, -0.2) is 15.7 Å². The molecule has 0 aliphatic rings. The zero-order valence-electron chi connectivity index (χ0n) is 7.25. The molecule has 0 atom stereocenters. The van der Waals surface area contributed by atoms with Crippen LogP contribution in [0.1, 0.15) is 15.9 Å². The van der Waals surface area contributed by atoms with E-state index in [2.05, 4.69) is 0 Å². The minimum atomic E-state index is -4.16. The Morgan fingerprint density at radius 3 is 2.43 bits per heavy atom. The maximum atomic E-state index is 10.9. The van der Waals surface area contributed by atoms with Gasteiger partial charge < -0.3 is 15.5 Å². The Morgan fingerprint density at radius 2 is 1.93 bits per heavy atom. The van der Waals surface area contributed by atoms with Crippen LogP contribution >= 0.6 is 7.60 Å². The molecule has 5 nitrogen and oxygen atoms in total. The zero-order valence-corrected chi connectivity index (χ0v) is 8.15. The van der Waals surface area contributed by atoms with Gasteiger partial charge in [0.1, 0.15) is 0 Å². The number of carbonyl (C=O) groups excluding carboxylic acids is 1. The van der Waals surface area contributed by atoms with Crippen LogP contribution in [0.4, 0.5) is 0 Å². The average Bonchev–Trinajstić information content (AvgIpc) is 2.01. The van der Waals surface area contributed by atoms with Crippen LogP contribution in [-0.2, 0) is 10.7 Å². The monoisotopic (exact) mass is 215 g/mol. The molecule has 1 aromatic carbocycles. The van der Waals surface area contributed by atoms with Crippen molar-refractivity contribution in [2.24, 2.45) is 5.73 Å². The number of hydrogen-bond acceptors (Lipinski definition) is 2. The third kappa shape index (κ3) is 2.96. The van der Waals surface area contributed by atoms with E-state index in [-0.39, 0.29) is 11.1 Å². The summed E-state index contributed by atoms with van der Waals surface area (Å²) in [5, 5.41) is 0. The fraction of sp³-hybridized carbons (Fsp3) is 0.125. The summed E-state index contributed by atoms with van der Waals surface area (Å²) in [5.74, 6) is -0.686. The van der Waals surface area contributed by atoms with Crippen molar-refractivity contribution < 1.29 is 19.1 Å². The summed E-state index contributed by atoms with van der Waals surface area (Å²) in [4.78, 5) is 28.3. The smallest absolute Gasteiger partial charge is 0.329 e. The van der Waals surface area contributed by atoms with Gasteiger partial charge in [0.2, 0.25) is 5.91 Å². The Bertz CT molecular complexity index is 398. The van der Waals surface area contributed by atoms with E-state index < -0.39 is 19.7 Å². The van der Waals surface area contributed by atoms with Gasteiger partial charge in [-0.15, -0.1) is 0 Å². The van der Waals surface area contributed by atoms with Crippen molar-refractivity contribution in [3.8, 4) is 0 Å². The van der Waals surface area contributed by atoms with Gasteiger partial charge >= 0.3 is 7.60 Å². The second kappa shape index (κ2) is 3.92. The predicted octanol–water partition coefficient (Wildman–Crippen LogP) is 0.463. The van der Waals surface area contributed by atoms with Crippen LogP contribution < -0.4 is 5.73 Å². The van der Waals surface area contributed by atoms with E-state index >= 15 is 0 Å². The van der Waals surface area contributed by atoms with Crippen molar-refractivity contribution >= 4 is 13.5 Å². The average molecular weight is 215 g/mol. The molecule has 76 valence electrons. The molecule has 0 fully saturated rings. The Hall–Kier alpha value is -1.16. The van der Waals surface area contributed by atoms with Crippen LogP contribution in [0.15, 0.2) is 24.3 Å². The SMILES string of the molecule is NC(=O)c1ccccc1CP(=O)(O)O. The molecule has 4 N–H and O–H groups in total.